The summed E-state index contributed by atoms with van der Waals surface area (Å²) in [5.74, 6) is 0.638. The molecule has 0 aromatic heterocycles. The highest BCUT2D eigenvalue weighted by Gasteiger charge is 2.16. The molecule has 100 valence electrons. The van der Waals surface area contributed by atoms with Gasteiger partial charge in [0.1, 0.15) is 17.1 Å². The van der Waals surface area contributed by atoms with E-state index < -0.39 is 11.7 Å². The molecular formula is C13H19NO4. The summed E-state index contributed by atoms with van der Waals surface area (Å²) in [6, 6.07) is 4.89. The predicted molar refractivity (Wildman–Crippen MR) is 67.7 cm³/mol. The highest BCUT2D eigenvalue weighted by molar-refractivity contribution is 5.67. The SMILES string of the molecule is COc1ccc(CNC(=O)OC(C)(C)C)c(O)c1. The third-order valence-electron chi connectivity index (χ3n) is 2.11. The van der Waals surface area contributed by atoms with Gasteiger partial charge in [-0.2, -0.15) is 0 Å². The topological polar surface area (TPSA) is 67.8 Å². The third kappa shape index (κ3) is 4.53. The van der Waals surface area contributed by atoms with E-state index in [4.69, 9.17) is 9.47 Å². The second kappa shape index (κ2) is 5.62. The number of benzene rings is 1. The summed E-state index contributed by atoms with van der Waals surface area (Å²) in [6.45, 7) is 5.57. The first-order valence-electron chi connectivity index (χ1n) is 5.64. The maximum Gasteiger partial charge on any atom is 0.407 e. The van der Waals surface area contributed by atoms with E-state index in [0.717, 1.165) is 0 Å². The van der Waals surface area contributed by atoms with Gasteiger partial charge in [-0.1, -0.05) is 0 Å². The van der Waals surface area contributed by atoms with Gasteiger partial charge in [0.25, 0.3) is 0 Å². The molecule has 1 amide bonds. The zero-order chi connectivity index (χ0) is 13.8. The lowest BCUT2D eigenvalue weighted by Gasteiger charge is -2.19. The number of alkyl carbamates (subject to hydrolysis) is 1. The van der Waals surface area contributed by atoms with Gasteiger partial charge in [-0.05, 0) is 32.9 Å². The third-order valence-corrected chi connectivity index (χ3v) is 2.11. The number of amides is 1. The molecule has 0 fully saturated rings. The van der Waals surface area contributed by atoms with Crippen molar-refractivity contribution in [3.63, 3.8) is 0 Å². The Labute approximate surface area is 107 Å². The second-order valence-electron chi connectivity index (χ2n) is 4.85. The van der Waals surface area contributed by atoms with Crippen LogP contribution in [0.1, 0.15) is 26.3 Å². The smallest absolute Gasteiger partial charge is 0.407 e. The van der Waals surface area contributed by atoms with Crippen molar-refractivity contribution in [2.75, 3.05) is 7.11 Å². The molecular weight excluding hydrogens is 234 g/mol. The number of methoxy groups -OCH3 is 1. The minimum Gasteiger partial charge on any atom is -0.507 e. The van der Waals surface area contributed by atoms with Crippen LogP contribution in [0.5, 0.6) is 11.5 Å². The number of phenolic OH excluding ortho intramolecular Hbond substituents is 1. The molecule has 0 heterocycles. The summed E-state index contributed by atoms with van der Waals surface area (Å²) in [5.41, 5.74) is 0.0631. The van der Waals surface area contributed by atoms with Crippen LogP contribution in [0.2, 0.25) is 0 Å². The molecule has 0 atom stereocenters. The average Bonchev–Trinajstić information content (AvgIpc) is 2.25. The van der Waals surface area contributed by atoms with Gasteiger partial charge in [-0.25, -0.2) is 4.79 Å². The number of ether oxygens (including phenoxy) is 2. The maximum atomic E-state index is 11.4. The van der Waals surface area contributed by atoms with Crippen LogP contribution in [0.15, 0.2) is 18.2 Å². The number of hydrogen-bond donors (Lipinski definition) is 2. The summed E-state index contributed by atoms with van der Waals surface area (Å²) in [6.07, 6.45) is -0.516. The van der Waals surface area contributed by atoms with Gasteiger partial charge in [-0.15, -0.1) is 0 Å². The quantitative estimate of drug-likeness (QED) is 0.868. The Balaban J connectivity index is 2.56. The normalized spacial score (nSPS) is 10.9. The standard InChI is InChI=1S/C13H19NO4/c1-13(2,3)18-12(16)14-8-9-5-6-10(17-4)7-11(9)15/h5-7,15H,8H2,1-4H3,(H,14,16). The number of phenols is 1. The highest BCUT2D eigenvalue weighted by Crippen LogP contribution is 2.23. The molecule has 0 bridgehead atoms. The molecule has 1 rings (SSSR count). The van der Waals surface area contributed by atoms with Crippen molar-refractivity contribution in [1.29, 1.82) is 0 Å². The van der Waals surface area contributed by atoms with Crippen LogP contribution in [0, 0.1) is 0 Å². The molecule has 2 N–H and O–H groups in total. The van der Waals surface area contributed by atoms with E-state index in [1.54, 1.807) is 32.9 Å². The van der Waals surface area contributed by atoms with E-state index in [2.05, 4.69) is 5.32 Å². The first kappa shape index (κ1) is 14.2. The molecule has 0 spiro atoms. The van der Waals surface area contributed by atoms with Crippen molar-refractivity contribution < 1.29 is 19.4 Å². The van der Waals surface area contributed by atoms with Gasteiger partial charge in [-0.3, -0.25) is 0 Å². The van der Waals surface area contributed by atoms with E-state index in [1.165, 1.54) is 13.2 Å². The summed E-state index contributed by atoms with van der Waals surface area (Å²) >= 11 is 0. The molecule has 1 aromatic carbocycles. The van der Waals surface area contributed by atoms with Crippen molar-refractivity contribution in [2.45, 2.75) is 32.9 Å². The van der Waals surface area contributed by atoms with Crippen LogP contribution in [-0.2, 0) is 11.3 Å². The molecule has 18 heavy (non-hydrogen) atoms. The molecule has 1 aromatic rings. The van der Waals surface area contributed by atoms with E-state index in [-0.39, 0.29) is 12.3 Å². The van der Waals surface area contributed by atoms with Crippen LogP contribution < -0.4 is 10.1 Å². The predicted octanol–water partition coefficient (Wildman–Crippen LogP) is 2.43. The molecule has 0 saturated carbocycles. The lowest BCUT2D eigenvalue weighted by molar-refractivity contribution is 0.0523. The van der Waals surface area contributed by atoms with E-state index in [1.807, 2.05) is 0 Å². The highest BCUT2D eigenvalue weighted by atomic mass is 16.6. The van der Waals surface area contributed by atoms with Gasteiger partial charge < -0.3 is 19.9 Å². The molecule has 0 aliphatic carbocycles. The van der Waals surface area contributed by atoms with Crippen molar-refractivity contribution >= 4 is 6.09 Å². The monoisotopic (exact) mass is 253 g/mol. The summed E-state index contributed by atoms with van der Waals surface area (Å²) < 4.78 is 10.1. The number of carbonyl (C=O) groups excluding carboxylic acids is 1. The summed E-state index contributed by atoms with van der Waals surface area (Å²) in [5, 5.41) is 12.3. The van der Waals surface area contributed by atoms with Crippen LogP contribution in [-0.4, -0.2) is 23.9 Å². The molecule has 5 heteroatoms. The number of hydrogen-bond acceptors (Lipinski definition) is 4. The van der Waals surface area contributed by atoms with Crippen molar-refractivity contribution in [2.24, 2.45) is 0 Å². The Kier molecular flexibility index (Phi) is 4.42. The first-order valence-corrected chi connectivity index (χ1v) is 5.64. The average molecular weight is 253 g/mol. The number of rotatable bonds is 3. The lowest BCUT2D eigenvalue weighted by atomic mass is 10.2. The second-order valence-corrected chi connectivity index (χ2v) is 4.85. The Morgan fingerprint density at radius 2 is 2.06 bits per heavy atom. The molecule has 0 unspecified atom stereocenters. The number of carbonyl (C=O) groups is 1. The van der Waals surface area contributed by atoms with Gasteiger partial charge in [0.15, 0.2) is 0 Å². The Morgan fingerprint density at radius 1 is 1.39 bits per heavy atom. The first-order chi connectivity index (χ1) is 8.31. The zero-order valence-electron chi connectivity index (χ0n) is 11.1. The van der Waals surface area contributed by atoms with Crippen LogP contribution in [0.4, 0.5) is 4.79 Å². The fraction of sp³-hybridized carbons (Fsp3) is 0.462. The van der Waals surface area contributed by atoms with E-state index >= 15 is 0 Å². The Hall–Kier alpha value is -1.91. The van der Waals surface area contributed by atoms with Gasteiger partial charge in [0.05, 0.1) is 7.11 Å². The summed E-state index contributed by atoms with van der Waals surface area (Å²) in [4.78, 5) is 11.4. The van der Waals surface area contributed by atoms with Gasteiger partial charge >= 0.3 is 6.09 Å². The lowest BCUT2D eigenvalue weighted by Crippen LogP contribution is -2.32. The molecule has 5 nitrogen and oxygen atoms in total. The van der Waals surface area contributed by atoms with Gasteiger partial charge in [0, 0.05) is 18.2 Å². The van der Waals surface area contributed by atoms with Gasteiger partial charge in [0.2, 0.25) is 0 Å². The van der Waals surface area contributed by atoms with Crippen LogP contribution in [0.25, 0.3) is 0 Å². The molecule has 0 radical (unpaired) electrons. The van der Waals surface area contributed by atoms with Crippen molar-refractivity contribution in [1.82, 2.24) is 5.32 Å². The fourth-order valence-corrected chi connectivity index (χ4v) is 1.30. The number of aromatic hydroxyl groups is 1. The Morgan fingerprint density at radius 3 is 2.56 bits per heavy atom. The molecule has 0 aliphatic rings. The minimum atomic E-state index is -0.536. The van der Waals surface area contributed by atoms with Crippen LogP contribution in [0.3, 0.4) is 0 Å². The zero-order valence-corrected chi connectivity index (χ0v) is 11.1. The van der Waals surface area contributed by atoms with E-state index in [9.17, 15) is 9.90 Å². The maximum absolute atomic E-state index is 11.4. The molecule has 0 saturated heterocycles. The number of nitrogens with one attached hydrogen (secondary N) is 1. The van der Waals surface area contributed by atoms with E-state index in [0.29, 0.717) is 11.3 Å². The Bertz CT molecular complexity index is 423. The van der Waals surface area contributed by atoms with Crippen molar-refractivity contribution in [3.05, 3.63) is 23.8 Å². The van der Waals surface area contributed by atoms with Crippen molar-refractivity contribution in [3.8, 4) is 11.5 Å². The minimum absolute atomic E-state index is 0.0745. The largest absolute Gasteiger partial charge is 0.507 e. The summed E-state index contributed by atoms with van der Waals surface area (Å²) in [7, 11) is 1.52. The van der Waals surface area contributed by atoms with Crippen LogP contribution >= 0.6 is 0 Å². The fourth-order valence-electron chi connectivity index (χ4n) is 1.30. The molecule has 0 aliphatic heterocycles.